The fourth-order valence-corrected chi connectivity index (χ4v) is 2.02. The predicted molar refractivity (Wildman–Crippen MR) is 61.0 cm³/mol. The van der Waals surface area contributed by atoms with E-state index in [0.717, 1.165) is 12.1 Å². The lowest BCUT2D eigenvalue weighted by atomic mass is 9.92. The van der Waals surface area contributed by atoms with Gasteiger partial charge in [0.25, 0.3) is 0 Å². The first kappa shape index (κ1) is 11.1. The van der Waals surface area contributed by atoms with Crippen LogP contribution in [0.25, 0.3) is 0 Å². The van der Waals surface area contributed by atoms with Crippen LogP contribution in [0.4, 0.5) is 0 Å². The van der Waals surface area contributed by atoms with Crippen molar-refractivity contribution in [1.29, 1.82) is 0 Å². The highest BCUT2D eigenvalue weighted by Gasteiger charge is 2.30. The van der Waals surface area contributed by atoms with E-state index in [9.17, 15) is 4.79 Å². The molecule has 86 valence electrons. The highest BCUT2D eigenvalue weighted by atomic mass is 16.5. The molecule has 2 rings (SSSR count). The number of hydrogen-bond acceptors (Lipinski definition) is 3. The van der Waals surface area contributed by atoms with Gasteiger partial charge in [0.1, 0.15) is 0 Å². The SMILES string of the molecule is NC(=O)C(c1ccccc1)C1CNCCO1. The minimum atomic E-state index is -0.367. The van der Waals surface area contributed by atoms with Gasteiger partial charge < -0.3 is 15.8 Å². The van der Waals surface area contributed by atoms with Gasteiger partial charge in [-0.05, 0) is 5.56 Å². The Hall–Kier alpha value is -1.39. The number of ether oxygens (including phenoxy) is 1. The summed E-state index contributed by atoms with van der Waals surface area (Å²) in [6.45, 7) is 2.13. The van der Waals surface area contributed by atoms with Gasteiger partial charge in [-0.25, -0.2) is 0 Å². The van der Waals surface area contributed by atoms with Gasteiger partial charge in [-0.15, -0.1) is 0 Å². The molecule has 0 radical (unpaired) electrons. The van der Waals surface area contributed by atoms with Crippen molar-refractivity contribution in [2.45, 2.75) is 12.0 Å². The number of primary amides is 1. The molecule has 0 aliphatic carbocycles. The molecule has 1 heterocycles. The quantitative estimate of drug-likeness (QED) is 0.767. The van der Waals surface area contributed by atoms with E-state index in [1.54, 1.807) is 0 Å². The minimum absolute atomic E-state index is 0.159. The second-order valence-corrected chi connectivity index (χ2v) is 3.90. The molecule has 0 spiro atoms. The lowest BCUT2D eigenvalue weighted by Crippen LogP contribution is -2.45. The number of nitrogens with two attached hydrogens (primary N) is 1. The van der Waals surface area contributed by atoms with E-state index < -0.39 is 0 Å². The maximum absolute atomic E-state index is 11.5. The normalized spacial score (nSPS) is 22.6. The van der Waals surface area contributed by atoms with Crippen molar-refractivity contribution in [3.05, 3.63) is 35.9 Å². The Morgan fingerprint density at radius 3 is 2.75 bits per heavy atom. The molecule has 1 amide bonds. The maximum Gasteiger partial charge on any atom is 0.227 e. The lowest BCUT2D eigenvalue weighted by molar-refractivity contribution is -0.123. The summed E-state index contributed by atoms with van der Waals surface area (Å²) in [6, 6.07) is 9.55. The van der Waals surface area contributed by atoms with Gasteiger partial charge in [-0.1, -0.05) is 30.3 Å². The molecule has 1 aliphatic rings. The van der Waals surface area contributed by atoms with Crippen LogP contribution in [0.15, 0.2) is 30.3 Å². The number of carbonyl (C=O) groups is 1. The Labute approximate surface area is 94.8 Å². The summed E-state index contributed by atoms with van der Waals surface area (Å²) in [5.74, 6) is -0.700. The zero-order chi connectivity index (χ0) is 11.4. The molecule has 1 aliphatic heterocycles. The Kier molecular flexibility index (Phi) is 3.54. The highest BCUT2D eigenvalue weighted by Crippen LogP contribution is 2.22. The predicted octanol–water partition coefficient (Wildman–Crippen LogP) is 0.244. The Morgan fingerprint density at radius 2 is 2.19 bits per heavy atom. The van der Waals surface area contributed by atoms with Crippen molar-refractivity contribution in [3.8, 4) is 0 Å². The molecular formula is C12H16N2O2. The van der Waals surface area contributed by atoms with Crippen LogP contribution in [0, 0.1) is 0 Å². The van der Waals surface area contributed by atoms with Crippen molar-refractivity contribution < 1.29 is 9.53 Å². The second kappa shape index (κ2) is 5.09. The topological polar surface area (TPSA) is 64.4 Å². The number of benzene rings is 1. The van der Waals surface area contributed by atoms with Crippen LogP contribution in [0.2, 0.25) is 0 Å². The molecule has 16 heavy (non-hydrogen) atoms. The number of carbonyl (C=O) groups excluding carboxylic acids is 1. The summed E-state index contributed by atoms with van der Waals surface area (Å²) < 4.78 is 5.59. The zero-order valence-electron chi connectivity index (χ0n) is 9.06. The third kappa shape index (κ3) is 2.40. The van der Waals surface area contributed by atoms with E-state index in [-0.39, 0.29) is 17.9 Å². The van der Waals surface area contributed by atoms with Crippen LogP contribution in [0.3, 0.4) is 0 Å². The Balaban J connectivity index is 2.20. The van der Waals surface area contributed by atoms with E-state index in [1.165, 1.54) is 0 Å². The van der Waals surface area contributed by atoms with E-state index >= 15 is 0 Å². The first-order valence-corrected chi connectivity index (χ1v) is 5.45. The van der Waals surface area contributed by atoms with Crippen LogP contribution in [-0.4, -0.2) is 31.7 Å². The summed E-state index contributed by atoms with van der Waals surface area (Å²) in [6.07, 6.45) is -0.159. The molecule has 3 N–H and O–H groups in total. The zero-order valence-corrected chi connectivity index (χ0v) is 9.06. The molecule has 0 bridgehead atoms. The molecule has 1 fully saturated rings. The number of rotatable bonds is 3. The number of morpholine rings is 1. The largest absolute Gasteiger partial charge is 0.374 e. The van der Waals surface area contributed by atoms with Crippen molar-refractivity contribution in [2.75, 3.05) is 19.7 Å². The van der Waals surface area contributed by atoms with Crippen molar-refractivity contribution in [1.82, 2.24) is 5.32 Å². The molecule has 1 aromatic rings. The molecule has 1 saturated heterocycles. The van der Waals surface area contributed by atoms with Gasteiger partial charge in [0.05, 0.1) is 18.6 Å². The molecule has 1 aromatic carbocycles. The smallest absolute Gasteiger partial charge is 0.227 e. The van der Waals surface area contributed by atoms with Gasteiger partial charge in [0.15, 0.2) is 0 Å². The molecule has 4 heteroatoms. The number of hydrogen-bond donors (Lipinski definition) is 2. The average Bonchev–Trinajstić information content (AvgIpc) is 2.31. The summed E-state index contributed by atoms with van der Waals surface area (Å²) >= 11 is 0. The van der Waals surface area contributed by atoms with E-state index in [1.807, 2.05) is 30.3 Å². The molecular weight excluding hydrogens is 204 g/mol. The van der Waals surface area contributed by atoms with Crippen molar-refractivity contribution in [3.63, 3.8) is 0 Å². The number of nitrogens with one attached hydrogen (secondary N) is 1. The molecule has 0 aromatic heterocycles. The standard InChI is InChI=1S/C12H16N2O2/c13-12(15)11(9-4-2-1-3-5-9)10-8-14-6-7-16-10/h1-5,10-11,14H,6-8H2,(H2,13,15). The molecule has 4 nitrogen and oxygen atoms in total. The van der Waals surface area contributed by atoms with Crippen molar-refractivity contribution in [2.24, 2.45) is 5.73 Å². The minimum Gasteiger partial charge on any atom is -0.374 e. The maximum atomic E-state index is 11.5. The molecule has 2 unspecified atom stereocenters. The van der Waals surface area contributed by atoms with Crippen LogP contribution in [0.1, 0.15) is 11.5 Å². The first-order chi connectivity index (χ1) is 7.79. The van der Waals surface area contributed by atoms with Gasteiger partial charge >= 0.3 is 0 Å². The van der Waals surface area contributed by atoms with Crippen molar-refractivity contribution >= 4 is 5.91 Å². The fraction of sp³-hybridized carbons (Fsp3) is 0.417. The third-order valence-electron chi connectivity index (χ3n) is 2.79. The third-order valence-corrected chi connectivity index (χ3v) is 2.79. The van der Waals surface area contributed by atoms with Crippen LogP contribution >= 0.6 is 0 Å². The second-order valence-electron chi connectivity index (χ2n) is 3.90. The summed E-state index contributed by atoms with van der Waals surface area (Å²) in [5, 5.41) is 3.21. The summed E-state index contributed by atoms with van der Waals surface area (Å²) in [5.41, 5.74) is 6.37. The van der Waals surface area contributed by atoms with Gasteiger partial charge in [-0.3, -0.25) is 4.79 Å². The molecule has 0 saturated carbocycles. The monoisotopic (exact) mass is 220 g/mol. The molecule has 2 atom stereocenters. The summed E-state index contributed by atoms with van der Waals surface area (Å²) in [7, 11) is 0. The van der Waals surface area contributed by atoms with Crippen LogP contribution < -0.4 is 11.1 Å². The lowest BCUT2D eigenvalue weighted by Gasteiger charge is -2.29. The first-order valence-electron chi connectivity index (χ1n) is 5.45. The van der Waals surface area contributed by atoms with Crippen LogP contribution in [0.5, 0.6) is 0 Å². The van der Waals surface area contributed by atoms with E-state index in [2.05, 4.69) is 5.32 Å². The van der Waals surface area contributed by atoms with E-state index in [4.69, 9.17) is 10.5 Å². The Morgan fingerprint density at radius 1 is 1.44 bits per heavy atom. The van der Waals surface area contributed by atoms with Gasteiger partial charge in [0.2, 0.25) is 5.91 Å². The van der Waals surface area contributed by atoms with Gasteiger partial charge in [-0.2, -0.15) is 0 Å². The van der Waals surface area contributed by atoms with Crippen LogP contribution in [-0.2, 0) is 9.53 Å². The van der Waals surface area contributed by atoms with E-state index in [0.29, 0.717) is 13.2 Å². The number of amides is 1. The highest BCUT2D eigenvalue weighted by molar-refractivity contribution is 5.82. The average molecular weight is 220 g/mol. The fourth-order valence-electron chi connectivity index (χ4n) is 2.02. The Bertz CT molecular complexity index is 347. The summed E-state index contributed by atoms with van der Waals surface area (Å²) in [4.78, 5) is 11.5. The van der Waals surface area contributed by atoms with Gasteiger partial charge in [0, 0.05) is 13.1 Å².